The van der Waals surface area contributed by atoms with Crippen molar-refractivity contribution in [2.24, 2.45) is 0 Å². The molecule has 0 aromatic rings. The highest BCUT2D eigenvalue weighted by Crippen LogP contribution is 2.33. The molecule has 6 heteroatoms. The summed E-state index contributed by atoms with van der Waals surface area (Å²) in [6.45, 7) is 5.54. The van der Waals surface area contributed by atoms with E-state index in [4.69, 9.17) is 0 Å². The van der Waals surface area contributed by atoms with E-state index < -0.39 is 23.0 Å². The highest BCUT2D eigenvalue weighted by atomic mass is 32.2. The van der Waals surface area contributed by atoms with Crippen LogP contribution in [-0.4, -0.2) is 31.3 Å². The van der Waals surface area contributed by atoms with E-state index in [1.165, 1.54) is 4.90 Å². The van der Waals surface area contributed by atoms with Crippen molar-refractivity contribution >= 4 is 17.5 Å². The molecule has 1 unspecified atom stereocenters. The Bertz CT molecular complexity index is 257. The first-order chi connectivity index (χ1) is 6.32. The van der Waals surface area contributed by atoms with E-state index >= 15 is 0 Å². The van der Waals surface area contributed by atoms with Crippen molar-refractivity contribution in [3.05, 3.63) is 0 Å². The molecule has 14 heavy (non-hydrogen) atoms. The maximum Gasteiger partial charge on any atom is 0.423 e. The molecule has 5 nitrogen and oxygen atoms in total. The topological polar surface area (TPSA) is 69.7 Å². The van der Waals surface area contributed by atoms with Gasteiger partial charge < -0.3 is 8.74 Å². The molecule has 1 atom stereocenters. The number of nitrogens with zero attached hydrogens (tertiary/aromatic N) is 1. The standard InChI is InChI=1S/C8H15NO4S/c1-8(2,3)9(6-4-5-6)7(10)13-14(11)12/h6H,4-5H2,1-3H3,(H,11,12)/p-1. The van der Waals surface area contributed by atoms with Gasteiger partial charge in [-0.15, -0.1) is 0 Å². The van der Waals surface area contributed by atoms with Gasteiger partial charge in [-0.2, -0.15) is 0 Å². The fraction of sp³-hybridized carbons (Fsp3) is 0.875. The van der Waals surface area contributed by atoms with Crippen LogP contribution in [0.25, 0.3) is 0 Å². The van der Waals surface area contributed by atoms with Crippen LogP contribution in [0.1, 0.15) is 33.6 Å². The molecule has 1 aliphatic carbocycles. The van der Waals surface area contributed by atoms with Crippen molar-refractivity contribution in [1.82, 2.24) is 4.90 Å². The Kier molecular flexibility index (Phi) is 3.16. The van der Waals surface area contributed by atoms with Crippen LogP contribution in [0.15, 0.2) is 0 Å². The van der Waals surface area contributed by atoms with Gasteiger partial charge in [-0.3, -0.25) is 4.90 Å². The Morgan fingerprint density at radius 3 is 2.29 bits per heavy atom. The van der Waals surface area contributed by atoms with Crippen LogP contribution in [0.4, 0.5) is 4.79 Å². The Labute approximate surface area is 85.9 Å². The molecule has 0 bridgehead atoms. The molecule has 0 radical (unpaired) electrons. The van der Waals surface area contributed by atoms with Crippen LogP contribution < -0.4 is 0 Å². The van der Waals surface area contributed by atoms with Crippen LogP contribution >= 0.6 is 0 Å². The van der Waals surface area contributed by atoms with E-state index in [9.17, 15) is 13.6 Å². The van der Waals surface area contributed by atoms with Gasteiger partial charge in [0.2, 0.25) is 0 Å². The molecule has 0 aromatic heterocycles. The fourth-order valence-corrected chi connectivity index (χ4v) is 1.60. The quantitative estimate of drug-likeness (QED) is 0.655. The van der Waals surface area contributed by atoms with Crippen molar-refractivity contribution in [2.45, 2.75) is 45.2 Å². The smallest absolute Gasteiger partial charge is 0.423 e. The minimum absolute atomic E-state index is 0.131. The predicted molar refractivity (Wildman–Crippen MR) is 50.0 cm³/mol. The number of carbonyl (C=O) groups is 1. The molecule has 1 rings (SSSR count). The summed E-state index contributed by atoms with van der Waals surface area (Å²) in [5.41, 5.74) is -0.405. The second-order valence-corrected chi connectivity index (χ2v) is 4.90. The summed E-state index contributed by atoms with van der Waals surface area (Å²) in [6.07, 6.45) is 1.05. The van der Waals surface area contributed by atoms with E-state index in [0.717, 1.165) is 12.8 Å². The minimum Gasteiger partial charge on any atom is -0.740 e. The van der Waals surface area contributed by atoms with Gasteiger partial charge in [-0.05, 0) is 33.6 Å². The third-order valence-electron chi connectivity index (χ3n) is 1.97. The predicted octanol–water partition coefficient (Wildman–Crippen LogP) is 1.18. The van der Waals surface area contributed by atoms with Crippen LogP contribution in [0.5, 0.6) is 0 Å². The van der Waals surface area contributed by atoms with Crippen molar-refractivity contribution in [1.29, 1.82) is 0 Å². The lowest BCUT2D eigenvalue weighted by molar-refractivity contribution is 0.102. The summed E-state index contributed by atoms with van der Waals surface area (Å²) in [6, 6.07) is 0.131. The van der Waals surface area contributed by atoms with Crippen LogP contribution in [0.2, 0.25) is 0 Å². The van der Waals surface area contributed by atoms with E-state index in [1.807, 2.05) is 20.8 Å². The number of hydrogen-bond acceptors (Lipinski definition) is 4. The molecule has 0 heterocycles. The van der Waals surface area contributed by atoms with E-state index in [2.05, 4.69) is 4.18 Å². The number of amides is 1. The summed E-state index contributed by atoms with van der Waals surface area (Å²) >= 11 is -2.78. The summed E-state index contributed by atoms with van der Waals surface area (Å²) in [7, 11) is 0. The Morgan fingerprint density at radius 2 is 2.00 bits per heavy atom. The lowest BCUT2D eigenvalue weighted by Crippen LogP contribution is -2.47. The third kappa shape index (κ3) is 2.95. The number of hydrogen-bond donors (Lipinski definition) is 0. The average molecular weight is 220 g/mol. The van der Waals surface area contributed by atoms with Crippen molar-refractivity contribution < 1.29 is 17.7 Å². The number of rotatable bonds is 2. The Hall–Kier alpha value is -0.620. The third-order valence-corrected chi connectivity index (χ3v) is 2.25. The van der Waals surface area contributed by atoms with Gasteiger partial charge >= 0.3 is 6.09 Å². The first-order valence-corrected chi connectivity index (χ1v) is 5.43. The SMILES string of the molecule is CC(C)(C)N(C(=O)OS(=O)[O-])C1CC1. The molecule has 1 amide bonds. The second-order valence-electron chi connectivity index (χ2n) is 4.33. The van der Waals surface area contributed by atoms with Crippen LogP contribution in [0, 0.1) is 0 Å². The summed E-state index contributed by atoms with van der Waals surface area (Å²) < 4.78 is 24.6. The van der Waals surface area contributed by atoms with Gasteiger partial charge in [0, 0.05) is 11.6 Å². The molecule has 0 spiro atoms. The lowest BCUT2D eigenvalue weighted by atomic mass is 10.1. The van der Waals surface area contributed by atoms with Crippen molar-refractivity contribution in [2.75, 3.05) is 0 Å². The lowest BCUT2D eigenvalue weighted by Gasteiger charge is -2.34. The molecule has 0 N–H and O–H groups in total. The highest BCUT2D eigenvalue weighted by molar-refractivity contribution is 7.74. The molecule has 1 aliphatic rings. The second kappa shape index (κ2) is 3.86. The summed E-state index contributed by atoms with van der Waals surface area (Å²) in [5, 5.41) is 0. The average Bonchev–Trinajstić information content (AvgIpc) is 2.65. The molecule has 0 saturated heterocycles. The van der Waals surface area contributed by atoms with Gasteiger partial charge in [-0.25, -0.2) is 9.00 Å². The van der Waals surface area contributed by atoms with Crippen molar-refractivity contribution in [3.8, 4) is 0 Å². The first kappa shape index (κ1) is 11.5. The monoisotopic (exact) mass is 220 g/mol. The first-order valence-electron chi connectivity index (χ1n) is 4.43. The Balaban J connectivity index is 2.67. The summed E-state index contributed by atoms with van der Waals surface area (Å²) in [4.78, 5) is 12.9. The van der Waals surface area contributed by atoms with Gasteiger partial charge in [0.15, 0.2) is 0 Å². The molecular formula is C8H14NO4S-. The molecule has 1 fully saturated rings. The largest absolute Gasteiger partial charge is 0.740 e. The summed E-state index contributed by atoms with van der Waals surface area (Å²) in [5.74, 6) is 0. The van der Waals surface area contributed by atoms with Crippen molar-refractivity contribution in [3.63, 3.8) is 0 Å². The highest BCUT2D eigenvalue weighted by Gasteiger charge is 2.40. The fourth-order valence-electron chi connectivity index (χ4n) is 1.40. The van der Waals surface area contributed by atoms with E-state index in [-0.39, 0.29) is 6.04 Å². The molecule has 1 saturated carbocycles. The van der Waals surface area contributed by atoms with Crippen LogP contribution in [-0.2, 0) is 15.5 Å². The maximum absolute atomic E-state index is 11.4. The zero-order valence-corrected chi connectivity index (χ0v) is 9.30. The molecule has 82 valence electrons. The molecule has 0 aromatic carbocycles. The van der Waals surface area contributed by atoms with E-state index in [1.54, 1.807) is 0 Å². The van der Waals surface area contributed by atoms with Gasteiger partial charge in [0.05, 0.1) is 0 Å². The zero-order valence-electron chi connectivity index (χ0n) is 8.48. The normalized spacial score (nSPS) is 18.9. The molecular weight excluding hydrogens is 206 g/mol. The maximum atomic E-state index is 11.4. The van der Waals surface area contributed by atoms with Gasteiger partial charge in [0.1, 0.15) is 11.4 Å². The van der Waals surface area contributed by atoms with Crippen LogP contribution in [0.3, 0.4) is 0 Å². The van der Waals surface area contributed by atoms with Gasteiger partial charge in [-0.1, -0.05) is 0 Å². The zero-order chi connectivity index (χ0) is 10.9. The van der Waals surface area contributed by atoms with Gasteiger partial charge in [0.25, 0.3) is 0 Å². The minimum atomic E-state index is -2.78. The Morgan fingerprint density at radius 1 is 1.50 bits per heavy atom. The molecule has 0 aliphatic heterocycles. The van der Waals surface area contributed by atoms with E-state index in [0.29, 0.717) is 0 Å². The number of carbonyl (C=O) groups excluding carboxylic acids is 1.